The highest BCUT2D eigenvalue weighted by Gasteiger charge is 2.68. The molecule has 17 atom stereocenters. The fourth-order valence-electron chi connectivity index (χ4n) is 13.3. The SMILES string of the molecule is COC(=O)[C@]1(O[C@H]2[C@@H](OCc3ccccc3)[C@@H](COCc3ccccc3)O[C@@H](O[C@H]3[C@H](OCc4ccccc4)[C@@H](OCc4ccccc4)[C@H](OCC[Si](C)(C)C)O[C@@H]3COCc3ccccc3)[C@@H]2OCc2ccccc2)O[C@@H]([C@H](OC(C)=O)[C@@H](COC(C)=O)OC(C)=O)[C@H](NC(C)=O)[C@@H](OC(C)=O)[C@@H]1Sc1ccccc1. The van der Waals surface area contributed by atoms with E-state index in [4.69, 9.17) is 80.5 Å². The molecule has 111 heavy (non-hydrogen) atoms. The average Bonchev–Trinajstić information content (AvgIpc) is 0.722. The number of thioether (sulfide) groups is 1. The molecule has 3 fully saturated rings. The summed E-state index contributed by atoms with van der Waals surface area (Å²) in [6.45, 7) is 11.4. The summed E-state index contributed by atoms with van der Waals surface area (Å²) >= 11 is 0.949. The van der Waals surface area contributed by atoms with Gasteiger partial charge in [0.2, 0.25) is 5.91 Å². The first-order valence-corrected chi connectivity index (χ1v) is 41.7. The molecule has 3 heterocycles. The number of hydrogen-bond donors (Lipinski definition) is 1. The van der Waals surface area contributed by atoms with Gasteiger partial charge >= 0.3 is 29.8 Å². The van der Waals surface area contributed by atoms with Crippen molar-refractivity contribution in [3.8, 4) is 0 Å². The molecule has 24 nitrogen and oxygen atoms in total. The Morgan fingerprint density at radius 1 is 0.468 bits per heavy atom. The summed E-state index contributed by atoms with van der Waals surface area (Å²) in [5, 5.41) is 1.16. The van der Waals surface area contributed by atoms with Crippen LogP contribution < -0.4 is 5.32 Å². The molecule has 0 aromatic heterocycles. The molecule has 1 N–H and O–H groups in total. The van der Waals surface area contributed by atoms with E-state index in [1.807, 2.05) is 182 Å². The lowest BCUT2D eigenvalue weighted by molar-refractivity contribution is -0.397. The normalized spacial score (nSPS) is 25.1. The van der Waals surface area contributed by atoms with Crippen molar-refractivity contribution < 1.29 is 109 Å². The lowest BCUT2D eigenvalue weighted by Gasteiger charge is -2.55. The second-order valence-corrected chi connectivity index (χ2v) is 35.3. The number of benzene rings is 7. The zero-order valence-corrected chi connectivity index (χ0v) is 65.8. The Balaban J connectivity index is 1.24. The van der Waals surface area contributed by atoms with Crippen LogP contribution in [0.4, 0.5) is 0 Å². The first kappa shape index (κ1) is 84.9. The molecule has 3 aliphatic heterocycles. The second kappa shape index (κ2) is 42.4. The standard InChI is InChI=1S/C85H101NO23SSi/c1-56(87)86-71-75(73(103-59(4)90)70(102-58(3)89)55-97-57(2)88)108-85(84(92)93-6,81(76(71)104-60(5)91)110-67-43-29-16-30-44-67)109-78-72(98-49-63-35-21-12-22-36-63)68(53-94-47-61-31-17-10-18-32-61)106-83(80(78)101-52-66-41-27-15-28-42-66)107-74-69(54-95-48-62-33-19-11-20-34-62)105-82(96-45-46-111(7,8)9)79(100-51-65-39-25-14-26-40-65)77(74)99-50-64-37-23-13-24-38-64/h10-44,68-83H,45-55H2,1-9H3,(H,86,87)/t68-,69-,70-,71+,72+,73-,74-,75-,76-,77+,78+,79-,80-,81+,82-,83+,85+/m1/s1. The number of esters is 5. The number of nitrogens with one attached hydrogen (secondary N) is 1. The lowest BCUT2D eigenvalue weighted by atomic mass is 9.87. The minimum atomic E-state index is -3.03. The number of amides is 1. The van der Waals surface area contributed by atoms with E-state index in [0.717, 1.165) is 74.9 Å². The highest BCUT2D eigenvalue weighted by Crippen LogP contribution is 2.48. The van der Waals surface area contributed by atoms with Crippen LogP contribution in [0.2, 0.25) is 25.7 Å². The van der Waals surface area contributed by atoms with Crippen LogP contribution in [0.5, 0.6) is 0 Å². The van der Waals surface area contributed by atoms with Gasteiger partial charge in [-0.2, -0.15) is 0 Å². The molecular weight excluding hydrogens is 1460 g/mol. The van der Waals surface area contributed by atoms with Crippen LogP contribution in [0.1, 0.15) is 68.0 Å². The Bertz CT molecular complexity index is 3990. The molecule has 7 aromatic carbocycles. The Labute approximate surface area is 653 Å². The monoisotopic (exact) mass is 1560 g/mol. The van der Waals surface area contributed by atoms with E-state index >= 15 is 4.79 Å². The van der Waals surface area contributed by atoms with Gasteiger partial charge in [0.05, 0.1) is 66.0 Å². The molecule has 0 bridgehead atoms. The van der Waals surface area contributed by atoms with Crippen LogP contribution in [0.15, 0.2) is 217 Å². The predicted octanol–water partition coefficient (Wildman–Crippen LogP) is 11.6. The molecule has 0 spiro atoms. The number of methoxy groups -OCH3 is 1. The fraction of sp³-hybridized carbons (Fsp3) is 0.435. The summed E-state index contributed by atoms with van der Waals surface area (Å²) in [5.74, 6) is -8.72. The van der Waals surface area contributed by atoms with Crippen LogP contribution in [0.25, 0.3) is 0 Å². The third-order valence-electron chi connectivity index (χ3n) is 18.4. The first-order valence-electron chi connectivity index (χ1n) is 37.1. The topological polar surface area (TPSA) is 271 Å². The van der Waals surface area contributed by atoms with Crippen molar-refractivity contribution >= 4 is 55.6 Å². The van der Waals surface area contributed by atoms with Crippen molar-refractivity contribution in [1.29, 1.82) is 0 Å². The van der Waals surface area contributed by atoms with Gasteiger partial charge in [-0.25, -0.2) is 4.79 Å². The van der Waals surface area contributed by atoms with Crippen molar-refractivity contribution in [3.63, 3.8) is 0 Å². The number of rotatable bonds is 39. The van der Waals surface area contributed by atoms with E-state index in [9.17, 15) is 24.0 Å². The van der Waals surface area contributed by atoms with Gasteiger partial charge in [0.1, 0.15) is 72.9 Å². The van der Waals surface area contributed by atoms with Crippen molar-refractivity contribution in [1.82, 2.24) is 5.32 Å². The third kappa shape index (κ3) is 25.2. The number of carbonyl (C=O) groups is 6. The summed E-state index contributed by atoms with van der Waals surface area (Å²) in [5.41, 5.74) is 4.69. The zero-order valence-electron chi connectivity index (χ0n) is 64.0. The predicted molar refractivity (Wildman–Crippen MR) is 410 cm³/mol. The molecule has 0 unspecified atom stereocenters. The van der Waals surface area contributed by atoms with E-state index < -0.39 is 153 Å². The maximum atomic E-state index is 16.5. The van der Waals surface area contributed by atoms with E-state index in [1.54, 1.807) is 30.3 Å². The summed E-state index contributed by atoms with van der Waals surface area (Å²) < 4.78 is 117. The highest BCUT2D eigenvalue weighted by molar-refractivity contribution is 8.00. The summed E-state index contributed by atoms with van der Waals surface area (Å²) in [6.07, 6.45) is -21.0. The van der Waals surface area contributed by atoms with Gasteiger partial charge in [-0.1, -0.05) is 220 Å². The summed E-state index contributed by atoms with van der Waals surface area (Å²) in [4.78, 5) is 85.1. The molecule has 3 saturated heterocycles. The van der Waals surface area contributed by atoms with Crippen LogP contribution in [-0.4, -0.2) is 180 Å². The molecule has 0 radical (unpaired) electrons. The second-order valence-electron chi connectivity index (χ2n) is 28.4. The average molecular weight is 1560 g/mol. The van der Waals surface area contributed by atoms with E-state index in [0.29, 0.717) is 22.6 Å². The van der Waals surface area contributed by atoms with Crippen molar-refractivity contribution in [3.05, 3.63) is 246 Å². The largest absolute Gasteiger partial charge is 0.465 e. The zero-order chi connectivity index (χ0) is 78.7. The van der Waals surface area contributed by atoms with Gasteiger partial charge < -0.3 is 85.8 Å². The van der Waals surface area contributed by atoms with Crippen LogP contribution >= 0.6 is 11.8 Å². The molecule has 0 saturated carbocycles. The number of ether oxygens (including phenoxy) is 17. The smallest absolute Gasteiger partial charge is 0.368 e. The Hall–Kier alpha value is -8.55. The molecule has 3 aliphatic rings. The van der Waals surface area contributed by atoms with Crippen LogP contribution in [-0.2, 0) is 149 Å². The maximum absolute atomic E-state index is 16.5. The lowest BCUT2D eigenvalue weighted by Crippen LogP contribution is -2.76. The Morgan fingerprint density at radius 3 is 1.32 bits per heavy atom. The molecule has 10 rings (SSSR count). The molecule has 1 amide bonds. The molecule has 594 valence electrons. The van der Waals surface area contributed by atoms with Gasteiger partial charge in [0.15, 0.2) is 24.8 Å². The van der Waals surface area contributed by atoms with Gasteiger partial charge in [-0.15, -0.1) is 11.8 Å². The van der Waals surface area contributed by atoms with Crippen LogP contribution in [0.3, 0.4) is 0 Å². The minimum absolute atomic E-state index is 0.0312. The summed E-state index contributed by atoms with van der Waals surface area (Å²) in [7, 11) is -0.666. The Morgan fingerprint density at radius 2 is 0.892 bits per heavy atom. The molecule has 26 heteroatoms. The minimum Gasteiger partial charge on any atom is -0.465 e. The van der Waals surface area contributed by atoms with E-state index in [1.165, 1.54) is 6.92 Å². The highest BCUT2D eigenvalue weighted by atomic mass is 32.2. The van der Waals surface area contributed by atoms with Gasteiger partial charge in [-0.05, 0) is 51.6 Å². The van der Waals surface area contributed by atoms with Crippen molar-refractivity contribution in [2.24, 2.45) is 0 Å². The van der Waals surface area contributed by atoms with Crippen molar-refractivity contribution in [2.45, 2.75) is 208 Å². The maximum Gasteiger partial charge on any atom is 0.368 e. The molecular formula is C85H101NO23SSi. The number of carbonyl (C=O) groups excluding carboxylic acids is 6. The summed E-state index contributed by atoms with van der Waals surface area (Å²) in [6, 6.07) is 64.8. The van der Waals surface area contributed by atoms with Gasteiger partial charge in [0.25, 0.3) is 5.79 Å². The van der Waals surface area contributed by atoms with Crippen LogP contribution in [0, 0.1) is 0 Å². The fourth-order valence-corrected chi connectivity index (χ4v) is 15.3. The van der Waals surface area contributed by atoms with Gasteiger partial charge in [0, 0.05) is 54.2 Å². The molecule has 0 aliphatic carbocycles. The van der Waals surface area contributed by atoms with E-state index in [2.05, 4.69) is 25.0 Å². The van der Waals surface area contributed by atoms with E-state index in [-0.39, 0.29) is 52.9 Å². The Kier molecular flexibility index (Phi) is 32.4. The quantitative estimate of drug-likeness (QED) is 0.0213. The van der Waals surface area contributed by atoms with Gasteiger partial charge in [-0.3, -0.25) is 24.0 Å². The molecule has 7 aromatic rings. The van der Waals surface area contributed by atoms with Crippen molar-refractivity contribution in [2.75, 3.05) is 33.5 Å². The number of hydrogen-bond acceptors (Lipinski definition) is 24. The third-order valence-corrected chi connectivity index (χ3v) is 21.5. The first-order chi connectivity index (χ1) is 53.6.